The number of fused-ring (bicyclic) bond motifs is 3. The summed E-state index contributed by atoms with van der Waals surface area (Å²) in [4.78, 5) is 2.45. The maximum absolute atomic E-state index is 9.77. The van der Waals surface area contributed by atoms with Gasteiger partial charge in [0, 0.05) is 12.2 Å². The van der Waals surface area contributed by atoms with E-state index >= 15 is 0 Å². The lowest BCUT2D eigenvalue weighted by Crippen LogP contribution is -2.59. The zero-order chi connectivity index (χ0) is 15.3. The van der Waals surface area contributed by atoms with Gasteiger partial charge in [0.15, 0.2) is 0 Å². The van der Waals surface area contributed by atoms with Crippen molar-refractivity contribution in [3.63, 3.8) is 0 Å². The number of nitrogens with two attached hydrogens (primary N) is 1. The number of aromatic nitrogens is 2. The molecular weight excluding hydrogens is 278 g/mol. The van der Waals surface area contributed by atoms with Crippen LogP contribution in [0.15, 0.2) is 11.5 Å². The van der Waals surface area contributed by atoms with Crippen LogP contribution < -0.4 is 10.5 Å². The highest BCUT2D eigenvalue weighted by molar-refractivity contribution is 5.56. The number of hydrogen-bond donors (Lipinski definition) is 2. The summed E-state index contributed by atoms with van der Waals surface area (Å²) in [5.41, 5.74) is 8.55. The Morgan fingerprint density at radius 1 is 1.50 bits per heavy atom. The number of piperidine rings is 3. The molecule has 0 amide bonds. The van der Waals surface area contributed by atoms with Gasteiger partial charge >= 0.3 is 0 Å². The first-order valence-electron chi connectivity index (χ1n) is 8.09. The van der Waals surface area contributed by atoms with Crippen LogP contribution in [0.25, 0.3) is 0 Å². The van der Waals surface area contributed by atoms with Crippen molar-refractivity contribution in [2.75, 3.05) is 19.6 Å². The van der Waals surface area contributed by atoms with E-state index in [-0.39, 0.29) is 11.3 Å². The molecule has 22 heavy (non-hydrogen) atoms. The molecule has 0 aliphatic carbocycles. The van der Waals surface area contributed by atoms with E-state index in [2.05, 4.69) is 28.1 Å². The smallest absolute Gasteiger partial charge is 0.244 e. The second kappa shape index (κ2) is 4.75. The van der Waals surface area contributed by atoms with Gasteiger partial charge in [0.2, 0.25) is 11.8 Å². The normalized spacial score (nSPS) is 32.7. The van der Waals surface area contributed by atoms with E-state index in [1.807, 2.05) is 0 Å². The van der Waals surface area contributed by atoms with E-state index < -0.39 is 0 Å². The summed E-state index contributed by atoms with van der Waals surface area (Å²) in [5, 5.41) is 17.2. The molecule has 0 aromatic carbocycles. The first kappa shape index (κ1) is 13.6. The third-order valence-electron chi connectivity index (χ3n) is 5.52. The molecule has 4 aliphatic heterocycles. The third kappa shape index (κ3) is 1.60. The number of rotatable bonds is 2. The van der Waals surface area contributed by atoms with E-state index in [0.717, 1.165) is 56.6 Å². The Labute approximate surface area is 129 Å². The highest BCUT2D eigenvalue weighted by Gasteiger charge is 2.56. The Bertz CT molecular complexity index is 677. The first-order valence-corrected chi connectivity index (χ1v) is 8.09. The Morgan fingerprint density at radius 3 is 2.86 bits per heavy atom. The van der Waals surface area contributed by atoms with Gasteiger partial charge in [0.05, 0.1) is 11.0 Å². The summed E-state index contributed by atoms with van der Waals surface area (Å²) in [6.45, 7) is 5.23. The number of aromatic amines is 1. The van der Waals surface area contributed by atoms with Crippen LogP contribution >= 0.6 is 0 Å². The predicted octanol–water partition coefficient (Wildman–Crippen LogP) is 1.41. The van der Waals surface area contributed by atoms with Gasteiger partial charge in [0.25, 0.3) is 0 Å². The molecule has 1 aromatic rings. The molecule has 0 radical (unpaired) electrons. The molecule has 1 unspecified atom stereocenters. The molecule has 1 spiro atoms. The number of ether oxygens (including phenoxy) is 1. The molecule has 6 heteroatoms. The van der Waals surface area contributed by atoms with Crippen LogP contribution in [0.2, 0.25) is 0 Å². The topological polar surface area (TPSA) is 91.0 Å². The van der Waals surface area contributed by atoms with Crippen molar-refractivity contribution in [3.8, 4) is 11.9 Å². The molecule has 0 saturated carbocycles. The predicted molar refractivity (Wildman–Crippen MR) is 80.9 cm³/mol. The lowest BCUT2D eigenvalue weighted by atomic mass is 9.58. The van der Waals surface area contributed by atoms with E-state index in [1.54, 1.807) is 0 Å². The average Bonchev–Trinajstić information content (AvgIpc) is 2.92. The van der Waals surface area contributed by atoms with E-state index in [1.165, 1.54) is 0 Å². The van der Waals surface area contributed by atoms with Gasteiger partial charge < -0.3 is 15.4 Å². The molecule has 5 rings (SSSR count). The van der Waals surface area contributed by atoms with Crippen LogP contribution in [0.1, 0.15) is 37.4 Å². The molecule has 4 aliphatic rings. The van der Waals surface area contributed by atoms with Crippen molar-refractivity contribution in [2.24, 2.45) is 11.7 Å². The second-order valence-electron chi connectivity index (χ2n) is 6.61. The van der Waals surface area contributed by atoms with Gasteiger partial charge in [0.1, 0.15) is 11.6 Å². The number of nitrogens with zero attached hydrogens (tertiary/aromatic N) is 3. The first-order chi connectivity index (χ1) is 10.7. The number of H-pyrrole nitrogens is 1. The molecule has 1 atom stereocenters. The maximum Gasteiger partial charge on any atom is 0.244 e. The second-order valence-corrected chi connectivity index (χ2v) is 6.61. The number of aryl methyl sites for hydroxylation is 1. The van der Waals surface area contributed by atoms with Gasteiger partial charge in [-0.15, -0.1) is 5.10 Å². The molecule has 1 aromatic heterocycles. The Morgan fingerprint density at radius 2 is 2.27 bits per heavy atom. The molecule has 6 nitrogen and oxygen atoms in total. The van der Waals surface area contributed by atoms with E-state index in [0.29, 0.717) is 17.4 Å². The quantitative estimate of drug-likeness (QED) is 0.861. The van der Waals surface area contributed by atoms with Crippen molar-refractivity contribution in [3.05, 3.63) is 22.7 Å². The van der Waals surface area contributed by atoms with Crippen molar-refractivity contribution in [1.82, 2.24) is 15.1 Å². The molecule has 116 valence electrons. The largest absolute Gasteiger partial charge is 0.420 e. The summed E-state index contributed by atoms with van der Waals surface area (Å²) in [6, 6.07) is 2.36. The Hall–Kier alpha value is -2.00. The van der Waals surface area contributed by atoms with Gasteiger partial charge in [-0.3, -0.25) is 5.10 Å². The lowest BCUT2D eigenvalue weighted by Gasteiger charge is -2.54. The van der Waals surface area contributed by atoms with E-state index in [9.17, 15) is 5.26 Å². The lowest BCUT2D eigenvalue weighted by molar-refractivity contribution is 0.0383. The summed E-state index contributed by atoms with van der Waals surface area (Å²) < 4.78 is 5.67. The molecule has 3 saturated heterocycles. The molecular formula is C16H21N5O. The number of nitriles is 1. The molecule has 3 fully saturated rings. The minimum absolute atomic E-state index is 0.235. The highest BCUT2D eigenvalue weighted by atomic mass is 16.5. The summed E-state index contributed by atoms with van der Waals surface area (Å²) in [6.07, 6.45) is 4.16. The third-order valence-corrected chi connectivity index (χ3v) is 5.52. The number of hydrogen-bond acceptors (Lipinski definition) is 5. The van der Waals surface area contributed by atoms with E-state index in [4.69, 9.17) is 10.5 Å². The zero-order valence-electron chi connectivity index (χ0n) is 12.9. The van der Waals surface area contributed by atoms with Crippen molar-refractivity contribution < 1.29 is 4.74 Å². The fraction of sp³-hybridized carbons (Fsp3) is 0.625. The minimum atomic E-state index is -0.333. The molecule has 3 N–H and O–H groups in total. The average molecular weight is 299 g/mol. The van der Waals surface area contributed by atoms with Crippen LogP contribution in [-0.4, -0.2) is 34.7 Å². The SMILES string of the molecule is CCCc1[nH]nc2c1C1(CN3CCC1CC3)C(C#N)=C(N)O2. The van der Waals surface area contributed by atoms with Crippen LogP contribution in [0.4, 0.5) is 0 Å². The summed E-state index contributed by atoms with van der Waals surface area (Å²) >= 11 is 0. The van der Waals surface area contributed by atoms with Crippen LogP contribution in [0.3, 0.4) is 0 Å². The van der Waals surface area contributed by atoms with Gasteiger partial charge in [-0.25, -0.2) is 0 Å². The van der Waals surface area contributed by atoms with Gasteiger partial charge in [-0.1, -0.05) is 13.3 Å². The fourth-order valence-corrected chi connectivity index (χ4v) is 4.61. The minimum Gasteiger partial charge on any atom is -0.420 e. The standard InChI is InChI=1S/C16H21N5O/c1-2-3-12-13-15(20-19-12)22-14(18)11(8-17)16(13)9-21-6-4-10(16)5-7-21/h10H,2-7,9,18H2,1H3,(H,19,20). The molecule has 5 heterocycles. The van der Waals surface area contributed by atoms with Crippen molar-refractivity contribution in [2.45, 2.75) is 38.0 Å². The molecule has 2 bridgehead atoms. The zero-order valence-corrected chi connectivity index (χ0v) is 12.9. The summed E-state index contributed by atoms with van der Waals surface area (Å²) in [7, 11) is 0. The highest BCUT2D eigenvalue weighted by Crippen LogP contribution is 2.54. The van der Waals surface area contributed by atoms with Crippen LogP contribution in [0.5, 0.6) is 5.88 Å². The van der Waals surface area contributed by atoms with Gasteiger partial charge in [-0.05, 0) is 38.3 Å². The fourth-order valence-electron chi connectivity index (χ4n) is 4.61. The van der Waals surface area contributed by atoms with Crippen molar-refractivity contribution >= 4 is 0 Å². The Balaban J connectivity index is 1.95. The van der Waals surface area contributed by atoms with Crippen molar-refractivity contribution in [1.29, 1.82) is 5.26 Å². The van der Waals surface area contributed by atoms with Crippen LogP contribution in [0, 0.1) is 17.2 Å². The summed E-state index contributed by atoms with van der Waals surface area (Å²) in [5.74, 6) is 1.26. The van der Waals surface area contributed by atoms with Crippen LogP contribution in [-0.2, 0) is 11.8 Å². The number of nitrogens with one attached hydrogen (secondary N) is 1. The van der Waals surface area contributed by atoms with Gasteiger partial charge in [-0.2, -0.15) is 5.26 Å². The monoisotopic (exact) mass is 299 g/mol. The maximum atomic E-state index is 9.77. The Kier molecular flexibility index (Phi) is 2.95.